The van der Waals surface area contributed by atoms with Gasteiger partial charge in [0, 0.05) is 12.6 Å². The van der Waals surface area contributed by atoms with Gasteiger partial charge in [0.05, 0.1) is 5.56 Å². The summed E-state index contributed by atoms with van der Waals surface area (Å²) in [4.78, 5) is 6.16. The first-order valence-corrected chi connectivity index (χ1v) is 7.14. The predicted octanol–water partition coefficient (Wildman–Crippen LogP) is 3.40. The third-order valence-electron chi connectivity index (χ3n) is 3.52. The molecule has 0 amide bonds. The molecular formula is C14H21F3N4. The highest BCUT2D eigenvalue weighted by Crippen LogP contribution is 2.36. The van der Waals surface area contributed by atoms with Crippen molar-refractivity contribution in [2.75, 3.05) is 16.9 Å². The lowest BCUT2D eigenvalue weighted by molar-refractivity contribution is -0.137. The lowest BCUT2D eigenvalue weighted by atomic mass is 10.1. The largest absolute Gasteiger partial charge is 0.416 e. The van der Waals surface area contributed by atoms with E-state index in [0.717, 1.165) is 31.4 Å². The number of nitrogen functional groups attached to an aromatic ring is 1. The van der Waals surface area contributed by atoms with Crippen molar-refractivity contribution in [2.45, 2.75) is 45.3 Å². The van der Waals surface area contributed by atoms with E-state index >= 15 is 0 Å². The molecular weight excluding hydrogens is 281 g/mol. The lowest BCUT2D eigenvalue weighted by Crippen LogP contribution is -2.29. The summed E-state index contributed by atoms with van der Waals surface area (Å²) in [5, 5.41) is 0. The normalized spacial score (nSPS) is 15.4. The topological polar surface area (TPSA) is 54.2 Å². The molecule has 0 radical (unpaired) electrons. The molecule has 1 fully saturated rings. The molecule has 0 saturated heterocycles. The summed E-state index contributed by atoms with van der Waals surface area (Å²) in [7, 11) is 0. The minimum absolute atomic E-state index is 0.0371. The van der Waals surface area contributed by atoms with Crippen molar-refractivity contribution in [2.24, 2.45) is 11.8 Å². The predicted molar refractivity (Wildman–Crippen MR) is 76.9 cm³/mol. The zero-order valence-electron chi connectivity index (χ0n) is 12.2. The van der Waals surface area contributed by atoms with Gasteiger partial charge >= 0.3 is 6.18 Å². The van der Waals surface area contributed by atoms with Crippen molar-refractivity contribution in [1.82, 2.24) is 4.98 Å². The van der Waals surface area contributed by atoms with Crippen LogP contribution < -0.4 is 16.2 Å². The first-order chi connectivity index (χ1) is 9.81. The second-order valence-corrected chi connectivity index (χ2v) is 5.85. The van der Waals surface area contributed by atoms with E-state index in [-0.39, 0.29) is 5.82 Å². The Labute approximate surface area is 122 Å². The summed E-state index contributed by atoms with van der Waals surface area (Å²) in [6.07, 6.45) is -1.49. The van der Waals surface area contributed by atoms with Crippen molar-refractivity contribution < 1.29 is 13.2 Å². The van der Waals surface area contributed by atoms with E-state index in [2.05, 4.69) is 24.3 Å². The number of hydrogen-bond donors (Lipinski definition) is 2. The molecule has 118 valence electrons. The molecule has 1 aromatic rings. The number of halogens is 3. The van der Waals surface area contributed by atoms with Crippen LogP contribution in [0.1, 0.15) is 38.7 Å². The van der Waals surface area contributed by atoms with E-state index in [1.165, 1.54) is 0 Å². The second kappa shape index (κ2) is 6.09. The molecule has 1 heterocycles. The van der Waals surface area contributed by atoms with E-state index in [9.17, 15) is 13.2 Å². The van der Waals surface area contributed by atoms with Gasteiger partial charge in [-0.25, -0.2) is 10.8 Å². The highest BCUT2D eigenvalue weighted by Gasteiger charge is 2.35. The fourth-order valence-electron chi connectivity index (χ4n) is 2.17. The molecule has 0 spiro atoms. The van der Waals surface area contributed by atoms with Gasteiger partial charge in [-0.1, -0.05) is 13.8 Å². The zero-order valence-corrected chi connectivity index (χ0v) is 12.2. The zero-order chi connectivity index (χ0) is 15.6. The Hall–Kier alpha value is -1.50. The Bertz CT molecular complexity index is 484. The number of nitrogens with zero attached hydrogens (tertiary/aromatic N) is 2. The highest BCUT2D eigenvalue weighted by molar-refractivity contribution is 5.52. The Balaban J connectivity index is 2.30. The number of aromatic nitrogens is 1. The highest BCUT2D eigenvalue weighted by atomic mass is 19.4. The molecule has 1 aromatic heterocycles. The van der Waals surface area contributed by atoms with Crippen LogP contribution in [0.25, 0.3) is 0 Å². The van der Waals surface area contributed by atoms with Crippen molar-refractivity contribution >= 4 is 11.6 Å². The number of pyridine rings is 1. The third-order valence-corrected chi connectivity index (χ3v) is 3.52. The number of nitrogens with two attached hydrogens (primary N) is 1. The molecule has 7 heteroatoms. The molecule has 0 bridgehead atoms. The van der Waals surface area contributed by atoms with Crippen LogP contribution in [-0.4, -0.2) is 17.6 Å². The fraction of sp³-hybridized carbons (Fsp3) is 0.643. The summed E-state index contributed by atoms with van der Waals surface area (Å²) in [5.41, 5.74) is 1.49. The summed E-state index contributed by atoms with van der Waals surface area (Å²) in [6.45, 7) is 4.90. The van der Waals surface area contributed by atoms with Gasteiger partial charge in [-0.15, -0.1) is 0 Å². The maximum absolute atomic E-state index is 13.0. The molecule has 2 rings (SSSR count). The average Bonchev–Trinajstić information content (AvgIpc) is 3.22. The maximum Gasteiger partial charge on any atom is 0.416 e. The Morgan fingerprint density at radius 2 is 2.05 bits per heavy atom. The monoisotopic (exact) mass is 302 g/mol. The SMILES string of the molecule is CC(C)CCN(c1cc(C(F)(F)F)cc(NN)n1)C1CC1. The average molecular weight is 302 g/mol. The lowest BCUT2D eigenvalue weighted by Gasteiger charge is -2.25. The minimum Gasteiger partial charge on any atom is -0.354 e. The van der Waals surface area contributed by atoms with Crippen molar-refractivity contribution in [3.8, 4) is 0 Å². The number of alkyl halides is 3. The van der Waals surface area contributed by atoms with E-state index in [4.69, 9.17) is 5.84 Å². The van der Waals surface area contributed by atoms with E-state index in [1.54, 1.807) is 0 Å². The van der Waals surface area contributed by atoms with E-state index in [0.29, 0.717) is 24.3 Å². The smallest absolute Gasteiger partial charge is 0.354 e. The Kier molecular flexibility index (Phi) is 4.61. The quantitative estimate of drug-likeness (QED) is 0.624. The minimum atomic E-state index is -4.41. The van der Waals surface area contributed by atoms with E-state index < -0.39 is 11.7 Å². The van der Waals surface area contributed by atoms with Crippen LogP contribution in [0, 0.1) is 5.92 Å². The van der Waals surface area contributed by atoms with Crippen LogP contribution in [0.4, 0.5) is 24.8 Å². The van der Waals surface area contributed by atoms with Crippen LogP contribution in [0.3, 0.4) is 0 Å². The molecule has 0 aliphatic heterocycles. The summed E-state index contributed by atoms with van der Waals surface area (Å²) in [5.74, 6) is 6.12. The molecule has 1 aliphatic carbocycles. The fourth-order valence-corrected chi connectivity index (χ4v) is 2.17. The van der Waals surface area contributed by atoms with Gasteiger partial charge in [0.2, 0.25) is 0 Å². The summed E-state index contributed by atoms with van der Waals surface area (Å²) in [6, 6.07) is 2.33. The maximum atomic E-state index is 13.0. The molecule has 0 aromatic carbocycles. The van der Waals surface area contributed by atoms with Crippen LogP contribution >= 0.6 is 0 Å². The standard InChI is InChI=1S/C14H21F3N4/c1-9(2)5-6-21(11-3-4-11)13-8-10(14(15,16)17)7-12(19-13)20-18/h7-9,11H,3-6,18H2,1-2H3,(H,19,20). The van der Waals surface area contributed by atoms with Gasteiger partial charge in [-0.2, -0.15) is 13.2 Å². The van der Waals surface area contributed by atoms with Crippen LogP contribution in [0.15, 0.2) is 12.1 Å². The molecule has 3 N–H and O–H groups in total. The molecule has 21 heavy (non-hydrogen) atoms. The molecule has 0 atom stereocenters. The van der Waals surface area contributed by atoms with Crippen LogP contribution in [0.5, 0.6) is 0 Å². The first kappa shape index (κ1) is 15.9. The van der Waals surface area contributed by atoms with E-state index in [1.807, 2.05) is 4.90 Å². The number of nitrogens with one attached hydrogen (secondary N) is 1. The van der Waals surface area contributed by atoms with Crippen LogP contribution in [0.2, 0.25) is 0 Å². The molecule has 0 unspecified atom stereocenters. The van der Waals surface area contributed by atoms with Gasteiger partial charge in [0.1, 0.15) is 11.6 Å². The molecule has 4 nitrogen and oxygen atoms in total. The van der Waals surface area contributed by atoms with Crippen molar-refractivity contribution in [1.29, 1.82) is 0 Å². The Morgan fingerprint density at radius 3 is 2.52 bits per heavy atom. The Morgan fingerprint density at radius 1 is 1.38 bits per heavy atom. The van der Waals surface area contributed by atoms with Gasteiger partial charge in [-0.05, 0) is 37.3 Å². The van der Waals surface area contributed by atoms with Gasteiger partial charge in [0.15, 0.2) is 0 Å². The first-order valence-electron chi connectivity index (χ1n) is 7.14. The van der Waals surface area contributed by atoms with Crippen LogP contribution in [-0.2, 0) is 6.18 Å². The van der Waals surface area contributed by atoms with Crippen molar-refractivity contribution in [3.63, 3.8) is 0 Å². The second-order valence-electron chi connectivity index (χ2n) is 5.85. The number of rotatable bonds is 6. The number of anilines is 2. The van der Waals surface area contributed by atoms with Gasteiger partial charge in [0.25, 0.3) is 0 Å². The third kappa shape index (κ3) is 4.23. The number of hydrazine groups is 1. The van der Waals surface area contributed by atoms with Crippen molar-refractivity contribution in [3.05, 3.63) is 17.7 Å². The molecule has 1 aliphatic rings. The summed E-state index contributed by atoms with van der Waals surface area (Å²) >= 11 is 0. The molecule has 1 saturated carbocycles. The number of hydrogen-bond acceptors (Lipinski definition) is 4. The summed E-state index contributed by atoms with van der Waals surface area (Å²) < 4.78 is 38.9. The van der Waals surface area contributed by atoms with Gasteiger partial charge in [-0.3, -0.25) is 0 Å². The van der Waals surface area contributed by atoms with Gasteiger partial charge < -0.3 is 10.3 Å².